The summed E-state index contributed by atoms with van der Waals surface area (Å²) in [7, 11) is 0. The van der Waals surface area contributed by atoms with E-state index in [-0.39, 0.29) is 5.41 Å². The molecule has 0 aromatic heterocycles. The average molecular weight is 170 g/mol. The van der Waals surface area contributed by atoms with Crippen molar-refractivity contribution in [3.8, 4) is 0 Å². The van der Waals surface area contributed by atoms with Gasteiger partial charge in [0, 0.05) is 5.41 Å². The van der Waals surface area contributed by atoms with Crippen LogP contribution < -0.4 is 0 Å². The lowest BCUT2D eigenvalue weighted by Crippen LogP contribution is -2.58. The lowest BCUT2D eigenvalue weighted by molar-refractivity contribution is -0.444. The molecule has 3 fully saturated rings. The Morgan fingerprint density at radius 3 is 2.08 bits per heavy atom. The maximum absolute atomic E-state index is 5.45. The van der Waals surface area contributed by atoms with Crippen LogP contribution in [0, 0.1) is 5.41 Å². The molecule has 0 atom stereocenters. The van der Waals surface area contributed by atoms with Gasteiger partial charge < -0.3 is 14.2 Å². The third kappa shape index (κ3) is 1.01. The minimum Gasteiger partial charge on any atom is -0.323 e. The molecule has 0 saturated carbocycles. The fourth-order valence-corrected chi connectivity index (χ4v) is 1.49. The summed E-state index contributed by atoms with van der Waals surface area (Å²) >= 11 is 0. The summed E-state index contributed by atoms with van der Waals surface area (Å²) < 4.78 is 16.3. The molecule has 0 amide bonds. The van der Waals surface area contributed by atoms with E-state index in [0.717, 1.165) is 26.2 Å². The Labute approximate surface area is 72.3 Å². The zero-order chi connectivity index (χ0) is 8.66. The van der Waals surface area contributed by atoms with Gasteiger partial charge in [-0.05, 0) is 12.5 Å². The van der Waals surface area contributed by atoms with Crippen molar-refractivity contribution in [1.82, 2.24) is 0 Å². The Morgan fingerprint density at radius 2 is 1.75 bits per heavy atom. The second-order valence-electron chi connectivity index (χ2n) is 3.53. The van der Waals surface area contributed by atoms with E-state index in [1.165, 1.54) is 0 Å². The first-order chi connectivity index (χ1) is 5.74. The van der Waals surface area contributed by atoms with E-state index in [4.69, 9.17) is 14.2 Å². The van der Waals surface area contributed by atoms with E-state index in [1.54, 1.807) is 6.08 Å². The van der Waals surface area contributed by atoms with Crippen LogP contribution in [-0.4, -0.2) is 25.8 Å². The molecule has 3 heterocycles. The van der Waals surface area contributed by atoms with Crippen LogP contribution in [0.1, 0.15) is 13.3 Å². The third-order valence-corrected chi connectivity index (χ3v) is 2.74. The van der Waals surface area contributed by atoms with Gasteiger partial charge in [0.15, 0.2) is 0 Å². The molecule has 12 heavy (non-hydrogen) atoms. The standard InChI is InChI=1S/C9H14O3/c1-3-8-5-10-9(4-2,11-6-8)12-7-8/h4H,2-3,5-7H2,1H3. The van der Waals surface area contributed by atoms with Gasteiger partial charge in [0.05, 0.1) is 19.8 Å². The van der Waals surface area contributed by atoms with Crippen molar-refractivity contribution in [1.29, 1.82) is 0 Å². The number of rotatable bonds is 2. The van der Waals surface area contributed by atoms with E-state index in [1.807, 2.05) is 0 Å². The van der Waals surface area contributed by atoms with Crippen LogP contribution in [0.25, 0.3) is 0 Å². The first-order valence-corrected chi connectivity index (χ1v) is 4.30. The first-order valence-electron chi connectivity index (χ1n) is 4.30. The van der Waals surface area contributed by atoms with Gasteiger partial charge in [-0.25, -0.2) is 0 Å². The SMILES string of the molecule is C=CC12OCC(CC)(CO1)CO2. The predicted octanol–water partition coefficient (Wildman–Crippen LogP) is 1.30. The summed E-state index contributed by atoms with van der Waals surface area (Å²) in [5, 5.41) is 0. The van der Waals surface area contributed by atoms with E-state index in [0.29, 0.717) is 0 Å². The van der Waals surface area contributed by atoms with Crippen molar-refractivity contribution in [3.05, 3.63) is 12.7 Å². The van der Waals surface area contributed by atoms with Crippen LogP contribution in [0.5, 0.6) is 0 Å². The average Bonchev–Trinajstić information content (AvgIpc) is 2.21. The van der Waals surface area contributed by atoms with E-state index in [9.17, 15) is 0 Å². The number of ether oxygens (including phenoxy) is 3. The van der Waals surface area contributed by atoms with Crippen LogP contribution in [0.3, 0.4) is 0 Å². The zero-order valence-electron chi connectivity index (χ0n) is 7.34. The molecule has 3 nitrogen and oxygen atoms in total. The van der Waals surface area contributed by atoms with Crippen molar-refractivity contribution >= 4 is 0 Å². The Morgan fingerprint density at radius 1 is 1.25 bits per heavy atom. The molecule has 3 aliphatic rings. The van der Waals surface area contributed by atoms with Crippen LogP contribution in [0.15, 0.2) is 12.7 Å². The lowest BCUT2D eigenvalue weighted by Gasteiger charge is -2.50. The third-order valence-electron chi connectivity index (χ3n) is 2.74. The summed E-state index contributed by atoms with van der Waals surface area (Å²) in [6, 6.07) is 0. The quantitative estimate of drug-likeness (QED) is 0.585. The molecule has 3 rings (SSSR count). The fraction of sp³-hybridized carbons (Fsp3) is 0.778. The van der Waals surface area contributed by atoms with Crippen LogP contribution in [-0.2, 0) is 14.2 Å². The monoisotopic (exact) mass is 170 g/mol. The molecule has 0 radical (unpaired) electrons. The summed E-state index contributed by atoms with van der Waals surface area (Å²) in [4.78, 5) is 0. The van der Waals surface area contributed by atoms with Gasteiger partial charge in [-0.15, -0.1) is 0 Å². The van der Waals surface area contributed by atoms with Crippen molar-refractivity contribution in [3.63, 3.8) is 0 Å². The predicted molar refractivity (Wildman–Crippen MR) is 43.5 cm³/mol. The molecule has 3 heteroatoms. The van der Waals surface area contributed by atoms with E-state index >= 15 is 0 Å². The summed E-state index contributed by atoms with van der Waals surface area (Å²) in [5.41, 5.74) is 0.0881. The highest BCUT2D eigenvalue weighted by Gasteiger charge is 2.50. The smallest absolute Gasteiger partial charge is 0.304 e. The molecule has 2 bridgehead atoms. The molecule has 0 unspecified atom stereocenters. The Balaban J connectivity index is 2.14. The molecule has 3 aliphatic heterocycles. The highest BCUT2D eigenvalue weighted by atomic mass is 16.9. The van der Waals surface area contributed by atoms with Gasteiger partial charge in [0.1, 0.15) is 0 Å². The highest BCUT2D eigenvalue weighted by molar-refractivity contribution is 4.94. The van der Waals surface area contributed by atoms with Crippen LogP contribution >= 0.6 is 0 Å². The van der Waals surface area contributed by atoms with Gasteiger partial charge in [-0.2, -0.15) is 0 Å². The Hall–Kier alpha value is -0.380. The second-order valence-corrected chi connectivity index (χ2v) is 3.53. The summed E-state index contributed by atoms with van der Waals surface area (Å²) in [5.74, 6) is -0.934. The fourth-order valence-electron chi connectivity index (χ4n) is 1.49. The molecule has 68 valence electrons. The molecule has 0 spiro atoms. The first kappa shape index (κ1) is 8.23. The van der Waals surface area contributed by atoms with Crippen LogP contribution in [0.2, 0.25) is 0 Å². The molecule has 0 aromatic rings. The van der Waals surface area contributed by atoms with Crippen molar-refractivity contribution in [2.24, 2.45) is 5.41 Å². The van der Waals surface area contributed by atoms with Crippen molar-refractivity contribution in [2.45, 2.75) is 19.3 Å². The van der Waals surface area contributed by atoms with Crippen LogP contribution in [0.4, 0.5) is 0 Å². The maximum Gasteiger partial charge on any atom is 0.304 e. The highest BCUT2D eigenvalue weighted by Crippen LogP contribution is 2.40. The summed E-state index contributed by atoms with van der Waals surface area (Å²) in [6.07, 6.45) is 2.60. The largest absolute Gasteiger partial charge is 0.323 e. The van der Waals surface area contributed by atoms with Gasteiger partial charge in [-0.1, -0.05) is 13.5 Å². The number of fused-ring (bicyclic) bond motifs is 3. The Kier molecular flexibility index (Phi) is 1.75. The van der Waals surface area contributed by atoms with Gasteiger partial charge in [0.2, 0.25) is 0 Å². The normalized spacial score (nSPS) is 46.1. The van der Waals surface area contributed by atoms with Crippen molar-refractivity contribution in [2.75, 3.05) is 19.8 Å². The van der Waals surface area contributed by atoms with Crippen molar-refractivity contribution < 1.29 is 14.2 Å². The maximum atomic E-state index is 5.45. The van der Waals surface area contributed by atoms with Gasteiger partial charge in [-0.3, -0.25) is 0 Å². The molecule has 0 aliphatic carbocycles. The second kappa shape index (κ2) is 2.55. The van der Waals surface area contributed by atoms with Gasteiger partial charge >= 0.3 is 5.97 Å². The number of hydrogen-bond donors (Lipinski definition) is 0. The Bertz CT molecular complexity index is 175. The van der Waals surface area contributed by atoms with E-state index in [2.05, 4.69) is 13.5 Å². The molecular weight excluding hydrogens is 156 g/mol. The topological polar surface area (TPSA) is 27.7 Å². The minimum atomic E-state index is -0.934. The van der Waals surface area contributed by atoms with E-state index < -0.39 is 5.97 Å². The zero-order valence-corrected chi connectivity index (χ0v) is 7.34. The molecule has 0 aromatic carbocycles. The number of hydrogen-bond acceptors (Lipinski definition) is 3. The van der Waals surface area contributed by atoms with Gasteiger partial charge in [0.25, 0.3) is 0 Å². The lowest BCUT2D eigenvalue weighted by atomic mass is 9.86. The molecule has 0 N–H and O–H groups in total. The molecule has 3 saturated heterocycles. The minimum absolute atomic E-state index is 0.0881. The summed E-state index contributed by atoms with van der Waals surface area (Å²) in [6.45, 7) is 7.91. The molecular formula is C9H14O3.